The second kappa shape index (κ2) is 9.62. The Labute approximate surface area is 251 Å². The van der Waals surface area contributed by atoms with Crippen molar-refractivity contribution >= 4 is 43.2 Å². The molecule has 0 radical (unpaired) electrons. The highest BCUT2D eigenvalue weighted by Gasteiger charge is 2.78. The first-order valence-electron chi connectivity index (χ1n) is 14.7. The van der Waals surface area contributed by atoms with Crippen molar-refractivity contribution in [2.45, 2.75) is 72.8 Å². The summed E-state index contributed by atoms with van der Waals surface area (Å²) in [6.07, 6.45) is 5.23. The number of sulfone groups is 1. The van der Waals surface area contributed by atoms with Gasteiger partial charge < -0.3 is 20.8 Å². The lowest BCUT2D eigenvalue weighted by Gasteiger charge is -2.26. The second-order valence-electron chi connectivity index (χ2n) is 12.4. The highest BCUT2D eigenvalue weighted by Crippen LogP contribution is 2.61. The molecule has 1 aromatic carbocycles. The summed E-state index contributed by atoms with van der Waals surface area (Å²) in [6.45, 7) is 2.67. The Morgan fingerprint density at radius 1 is 1.09 bits per heavy atom. The first-order valence-corrected chi connectivity index (χ1v) is 17.1. The Hall–Kier alpha value is -3.26. The molecule has 0 aliphatic heterocycles. The summed E-state index contributed by atoms with van der Waals surface area (Å²) >= 11 is 1.53. The predicted molar refractivity (Wildman–Crippen MR) is 160 cm³/mol. The van der Waals surface area contributed by atoms with E-state index in [4.69, 9.17) is 15.0 Å². The number of aliphatic hydroxyl groups excluding tert-OH is 1. The molecular formula is C30H31FN6O4S2. The van der Waals surface area contributed by atoms with E-state index in [1.807, 2.05) is 19.2 Å². The van der Waals surface area contributed by atoms with Crippen LogP contribution in [0.1, 0.15) is 49.4 Å². The summed E-state index contributed by atoms with van der Waals surface area (Å²) < 4.78 is 41.1. The molecule has 13 heteroatoms. The lowest BCUT2D eigenvalue weighted by Crippen LogP contribution is -2.43. The molecule has 5 atom stereocenters. The second-order valence-corrected chi connectivity index (χ2v) is 15.5. The number of hydrogen-bond donors (Lipinski definition) is 4. The number of hydrogen-bond acceptors (Lipinski definition) is 11. The van der Waals surface area contributed by atoms with E-state index in [0.717, 1.165) is 52.4 Å². The summed E-state index contributed by atoms with van der Waals surface area (Å²) in [5, 5.41) is 29.0. The Bertz CT molecular complexity index is 1860. The van der Waals surface area contributed by atoms with Crippen LogP contribution in [-0.4, -0.2) is 68.1 Å². The van der Waals surface area contributed by atoms with Crippen LogP contribution in [0.15, 0.2) is 41.4 Å². The van der Waals surface area contributed by atoms with E-state index in [2.05, 4.69) is 15.6 Å². The van der Waals surface area contributed by atoms with Gasteiger partial charge in [0.15, 0.2) is 9.84 Å². The third-order valence-electron chi connectivity index (χ3n) is 9.32. The van der Waals surface area contributed by atoms with Crippen molar-refractivity contribution in [1.29, 1.82) is 0 Å². The zero-order valence-electron chi connectivity index (χ0n) is 23.4. The van der Waals surface area contributed by atoms with E-state index < -0.39 is 44.6 Å². The lowest BCUT2D eigenvalue weighted by atomic mass is 10.1. The van der Waals surface area contributed by atoms with Gasteiger partial charge in [-0.1, -0.05) is 0 Å². The van der Waals surface area contributed by atoms with Crippen LogP contribution < -0.4 is 10.6 Å². The fraction of sp³-hybridized carbons (Fsp3) is 0.467. The molecule has 3 aromatic heterocycles. The molecular weight excluding hydrogens is 592 g/mol. The largest absolute Gasteiger partial charge is 0.388 e. The number of aryl methyl sites for hydroxylation is 1. The van der Waals surface area contributed by atoms with Gasteiger partial charge >= 0.3 is 0 Å². The van der Waals surface area contributed by atoms with Crippen molar-refractivity contribution in [2.24, 2.45) is 11.8 Å². The van der Waals surface area contributed by atoms with Crippen LogP contribution in [-0.2, 0) is 9.84 Å². The number of anilines is 2. The van der Waals surface area contributed by atoms with Gasteiger partial charge in [-0.2, -0.15) is 4.98 Å². The van der Waals surface area contributed by atoms with Gasteiger partial charge in [-0.15, -0.1) is 11.3 Å². The third-order valence-corrected chi connectivity index (χ3v) is 12.7. The van der Waals surface area contributed by atoms with Gasteiger partial charge in [0.2, 0.25) is 5.95 Å². The number of aromatic nitrogens is 4. The molecule has 8 rings (SSSR count). The molecule has 4 aromatic rings. The zero-order valence-corrected chi connectivity index (χ0v) is 25.0. The Kier molecular flexibility index (Phi) is 6.11. The van der Waals surface area contributed by atoms with E-state index >= 15 is 0 Å². The molecule has 0 spiro atoms. The molecule has 4 N–H and O–H groups in total. The Morgan fingerprint density at radius 2 is 1.86 bits per heavy atom. The van der Waals surface area contributed by atoms with Crippen LogP contribution in [0.5, 0.6) is 0 Å². The van der Waals surface area contributed by atoms with Crippen molar-refractivity contribution in [3.05, 3.63) is 53.7 Å². The zero-order chi connectivity index (χ0) is 29.7. The first-order chi connectivity index (χ1) is 20.6. The molecule has 0 saturated heterocycles. The number of halogens is 1. The molecule has 4 aliphatic rings. The van der Waals surface area contributed by atoms with E-state index in [-0.39, 0.29) is 11.3 Å². The van der Waals surface area contributed by atoms with Crippen molar-refractivity contribution in [1.82, 2.24) is 19.9 Å². The average molecular weight is 623 g/mol. The van der Waals surface area contributed by atoms with Crippen LogP contribution in [0.25, 0.3) is 20.8 Å². The van der Waals surface area contributed by atoms with E-state index in [1.165, 1.54) is 36.3 Å². The fourth-order valence-corrected chi connectivity index (χ4v) is 9.98. The number of nitrogens with one attached hydrogen (secondary N) is 2. The van der Waals surface area contributed by atoms with Gasteiger partial charge in [0.1, 0.15) is 39.1 Å². The minimum Gasteiger partial charge on any atom is -0.388 e. The molecule has 10 nitrogen and oxygen atoms in total. The number of thiazole rings is 1. The van der Waals surface area contributed by atoms with Crippen LogP contribution in [0.2, 0.25) is 0 Å². The maximum absolute atomic E-state index is 13.4. The average Bonchev–Trinajstić information content (AvgIpc) is 3.91. The normalized spacial score (nSPS) is 28.2. The van der Waals surface area contributed by atoms with Crippen LogP contribution >= 0.6 is 11.3 Å². The summed E-state index contributed by atoms with van der Waals surface area (Å²) in [4.78, 5) is 19.1. The predicted octanol–water partition coefficient (Wildman–Crippen LogP) is 4.04. The summed E-state index contributed by atoms with van der Waals surface area (Å²) in [7, 11) is -3.98. The molecule has 43 heavy (non-hydrogen) atoms. The molecule has 0 bridgehead atoms. The minimum atomic E-state index is -3.98. The molecule has 4 fully saturated rings. The van der Waals surface area contributed by atoms with E-state index in [9.17, 15) is 23.0 Å². The van der Waals surface area contributed by atoms with E-state index in [0.29, 0.717) is 34.9 Å². The summed E-state index contributed by atoms with van der Waals surface area (Å²) in [5.41, 5.74) is 1.49. The standard InChI is InChI=1S/C30H31FN6O4S2/c1-14-22(28-36-24-21(42-28)10-11-32-23(24)16-4-5-16)27(37-29(34-14)33-13-15-2-3-15)35-20-12-19-26(30(19,39)25(20)38)43(40,41)18-8-6-17(31)7-9-18/h6-11,15-16,19-20,25-26,38-39H,2-5,12-13H2,1H3,(H2,33,34,35,37). The number of benzene rings is 1. The molecule has 4 aliphatic carbocycles. The van der Waals surface area contributed by atoms with Gasteiger partial charge in [0.25, 0.3) is 0 Å². The minimum absolute atomic E-state index is 0.0746. The molecule has 0 amide bonds. The van der Waals surface area contributed by atoms with Gasteiger partial charge in [0, 0.05) is 24.6 Å². The van der Waals surface area contributed by atoms with Crippen molar-refractivity contribution < 1.29 is 23.0 Å². The quantitative estimate of drug-likeness (QED) is 0.201. The van der Waals surface area contributed by atoms with E-state index in [1.54, 1.807) is 0 Å². The molecule has 3 heterocycles. The van der Waals surface area contributed by atoms with Gasteiger partial charge in [-0.3, -0.25) is 4.98 Å². The first kappa shape index (κ1) is 27.3. The topological polar surface area (TPSA) is 150 Å². The number of fused-ring (bicyclic) bond motifs is 2. The number of rotatable bonds is 9. The third kappa shape index (κ3) is 4.50. The summed E-state index contributed by atoms with van der Waals surface area (Å²) in [5.74, 6) is 0.748. The highest BCUT2D eigenvalue weighted by atomic mass is 32.2. The van der Waals surface area contributed by atoms with Crippen LogP contribution in [0.4, 0.5) is 16.2 Å². The van der Waals surface area contributed by atoms with Crippen LogP contribution in [0, 0.1) is 24.6 Å². The monoisotopic (exact) mass is 622 g/mol. The Morgan fingerprint density at radius 3 is 2.53 bits per heavy atom. The molecule has 224 valence electrons. The van der Waals surface area contributed by atoms with Crippen molar-refractivity contribution in [3.63, 3.8) is 0 Å². The molecule has 5 unspecified atom stereocenters. The van der Waals surface area contributed by atoms with Crippen LogP contribution in [0.3, 0.4) is 0 Å². The maximum atomic E-state index is 13.4. The van der Waals surface area contributed by atoms with Crippen molar-refractivity contribution in [2.75, 3.05) is 17.2 Å². The summed E-state index contributed by atoms with van der Waals surface area (Å²) in [6, 6.07) is 5.85. The maximum Gasteiger partial charge on any atom is 0.224 e. The van der Waals surface area contributed by atoms with Crippen molar-refractivity contribution in [3.8, 4) is 10.6 Å². The van der Waals surface area contributed by atoms with Gasteiger partial charge in [-0.25, -0.2) is 22.8 Å². The molecule has 4 saturated carbocycles. The number of pyridine rings is 1. The van der Waals surface area contributed by atoms with Gasteiger partial charge in [0.05, 0.1) is 32.6 Å². The smallest absolute Gasteiger partial charge is 0.224 e. The fourth-order valence-electron chi connectivity index (χ4n) is 6.61. The SMILES string of the molecule is Cc1nc(NCC2CC2)nc(NC2CC3C(S(=O)(=O)c4ccc(F)cc4)C3(O)C2O)c1-c1nc2c(C3CC3)nccc2s1. The lowest BCUT2D eigenvalue weighted by molar-refractivity contribution is 0.00553. The Balaban J connectivity index is 1.12. The highest BCUT2D eigenvalue weighted by molar-refractivity contribution is 7.92. The number of nitrogens with zero attached hydrogens (tertiary/aromatic N) is 4. The van der Waals surface area contributed by atoms with Gasteiger partial charge in [-0.05, 0) is 75.3 Å². The number of aliphatic hydroxyl groups is 2.